The highest BCUT2D eigenvalue weighted by molar-refractivity contribution is 5.42. The second-order valence-electron chi connectivity index (χ2n) is 4.85. The Balaban J connectivity index is 1.77. The highest BCUT2D eigenvalue weighted by atomic mass is 15.4. The highest BCUT2D eigenvalue weighted by Gasteiger charge is 2.06. The Labute approximate surface area is 117 Å². The molecule has 0 spiro atoms. The quantitative estimate of drug-likeness (QED) is 0.723. The first-order valence-electron chi connectivity index (χ1n) is 6.53. The molecule has 0 unspecified atom stereocenters. The number of rotatable bonds is 4. The molecule has 2 aromatic heterocycles. The third-order valence-electron chi connectivity index (χ3n) is 3.22. The number of aromatic nitrogens is 6. The number of hydrogen-bond donors (Lipinski definition) is 0. The maximum atomic E-state index is 4.21. The largest absolute Gasteiger partial charge is 0.253 e. The van der Waals surface area contributed by atoms with Crippen molar-refractivity contribution in [1.82, 2.24) is 29.8 Å². The first-order valence-corrected chi connectivity index (χ1v) is 6.53. The van der Waals surface area contributed by atoms with Crippen LogP contribution in [-0.4, -0.2) is 29.8 Å². The zero-order chi connectivity index (χ0) is 13.9. The van der Waals surface area contributed by atoms with E-state index in [-0.39, 0.29) is 0 Å². The average molecular weight is 268 g/mol. The van der Waals surface area contributed by atoms with Gasteiger partial charge in [-0.15, -0.1) is 5.10 Å². The third-order valence-corrected chi connectivity index (χ3v) is 3.22. The molecule has 3 aromatic rings. The third kappa shape index (κ3) is 2.59. The van der Waals surface area contributed by atoms with Crippen molar-refractivity contribution < 1.29 is 0 Å². The molecule has 0 aliphatic carbocycles. The lowest BCUT2D eigenvalue weighted by molar-refractivity contribution is 0.606. The van der Waals surface area contributed by atoms with Gasteiger partial charge in [0, 0.05) is 13.0 Å². The molecule has 0 saturated heterocycles. The van der Waals surface area contributed by atoms with E-state index >= 15 is 0 Å². The molecule has 0 radical (unpaired) electrons. The van der Waals surface area contributed by atoms with Gasteiger partial charge in [0.1, 0.15) is 12.7 Å². The maximum Gasteiger partial charge on any atom is 0.137 e. The Morgan fingerprint density at radius 1 is 1.20 bits per heavy atom. The number of aryl methyl sites for hydroxylation is 4. The number of benzene rings is 1. The van der Waals surface area contributed by atoms with Crippen molar-refractivity contribution in [2.45, 2.75) is 26.8 Å². The second kappa shape index (κ2) is 5.24. The second-order valence-corrected chi connectivity index (χ2v) is 4.85. The Kier molecular flexibility index (Phi) is 3.28. The molecule has 0 atom stereocenters. The van der Waals surface area contributed by atoms with E-state index in [0.29, 0.717) is 0 Å². The van der Waals surface area contributed by atoms with Crippen LogP contribution in [0.2, 0.25) is 0 Å². The molecule has 6 heteroatoms. The van der Waals surface area contributed by atoms with Crippen molar-refractivity contribution in [3.05, 3.63) is 53.9 Å². The topological polar surface area (TPSA) is 61.4 Å². The molecular weight excluding hydrogens is 252 g/mol. The van der Waals surface area contributed by atoms with Gasteiger partial charge in [-0.3, -0.25) is 4.68 Å². The van der Waals surface area contributed by atoms with Crippen LogP contribution in [0.25, 0.3) is 5.69 Å². The summed E-state index contributed by atoms with van der Waals surface area (Å²) in [5, 5.41) is 12.5. The molecule has 0 bridgehead atoms. The lowest BCUT2D eigenvalue weighted by atomic mass is 10.1. The number of nitrogens with zero attached hydrogens (tertiary/aromatic N) is 6. The van der Waals surface area contributed by atoms with Crippen molar-refractivity contribution in [2.75, 3.05) is 0 Å². The van der Waals surface area contributed by atoms with E-state index in [0.717, 1.165) is 24.3 Å². The fourth-order valence-electron chi connectivity index (χ4n) is 2.07. The van der Waals surface area contributed by atoms with Gasteiger partial charge in [-0.1, -0.05) is 17.3 Å². The van der Waals surface area contributed by atoms with E-state index in [1.165, 1.54) is 17.5 Å². The average Bonchev–Trinajstić information content (AvgIpc) is 3.10. The predicted octanol–water partition coefficient (Wildman–Crippen LogP) is 1.72. The van der Waals surface area contributed by atoms with E-state index in [1.54, 1.807) is 11.0 Å². The van der Waals surface area contributed by atoms with Crippen molar-refractivity contribution in [2.24, 2.45) is 0 Å². The van der Waals surface area contributed by atoms with Crippen molar-refractivity contribution in [3.63, 3.8) is 0 Å². The standard InChI is InChI=1S/C14H16N6/c1-11-3-4-12(2)14(7-11)20-8-13(17-18-20)5-6-19-10-15-9-16-19/h3-4,7-10H,5-6H2,1-2H3. The van der Waals surface area contributed by atoms with Crippen LogP contribution in [-0.2, 0) is 13.0 Å². The van der Waals surface area contributed by atoms with Crippen molar-refractivity contribution >= 4 is 0 Å². The lowest BCUT2D eigenvalue weighted by Gasteiger charge is -2.05. The van der Waals surface area contributed by atoms with Gasteiger partial charge in [0.2, 0.25) is 0 Å². The molecule has 1 aromatic carbocycles. The summed E-state index contributed by atoms with van der Waals surface area (Å²) in [5.41, 5.74) is 4.42. The molecule has 0 aliphatic rings. The Morgan fingerprint density at radius 2 is 2.10 bits per heavy atom. The molecule has 0 amide bonds. The predicted molar refractivity (Wildman–Crippen MR) is 74.6 cm³/mol. The fourth-order valence-corrected chi connectivity index (χ4v) is 2.07. The van der Waals surface area contributed by atoms with E-state index in [2.05, 4.69) is 52.4 Å². The van der Waals surface area contributed by atoms with E-state index in [4.69, 9.17) is 0 Å². The summed E-state index contributed by atoms with van der Waals surface area (Å²) >= 11 is 0. The summed E-state index contributed by atoms with van der Waals surface area (Å²) in [7, 11) is 0. The molecular formula is C14H16N6. The minimum absolute atomic E-state index is 0.755. The van der Waals surface area contributed by atoms with Crippen LogP contribution in [0.5, 0.6) is 0 Å². The van der Waals surface area contributed by atoms with Gasteiger partial charge in [0.25, 0.3) is 0 Å². The summed E-state index contributed by atoms with van der Waals surface area (Å²) in [6.45, 7) is 4.91. The van der Waals surface area contributed by atoms with Crippen LogP contribution < -0.4 is 0 Å². The van der Waals surface area contributed by atoms with E-state index < -0.39 is 0 Å². The van der Waals surface area contributed by atoms with Crippen LogP contribution >= 0.6 is 0 Å². The van der Waals surface area contributed by atoms with Crippen molar-refractivity contribution in [1.29, 1.82) is 0 Å². The summed E-state index contributed by atoms with van der Waals surface area (Å²) in [4.78, 5) is 3.92. The molecule has 0 N–H and O–H groups in total. The van der Waals surface area contributed by atoms with Gasteiger partial charge >= 0.3 is 0 Å². The van der Waals surface area contributed by atoms with Gasteiger partial charge in [-0.2, -0.15) is 5.10 Å². The molecule has 0 saturated carbocycles. The van der Waals surface area contributed by atoms with Gasteiger partial charge in [-0.25, -0.2) is 9.67 Å². The monoisotopic (exact) mass is 268 g/mol. The molecule has 0 fully saturated rings. The van der Waals surface area contributed by atoms with Crippen LogP contribution in [0.3, 0.4) is 0 Å². The van der Waals surface area contributed by atoms with Gasteiger partial charge < -0.3 is 0 Å². The zero-order valence-electron chi connectivity index (χ0n) is 11.6. The normalized spacial score (nSPS) is 10.9. The molecule has 20 heavy (non-hydrogen) atoms. The summed E-state index contributed by atoms with van der Waals surface area (Å²) < 4.78 is 3.62. The minimum Gasteiger partial charge on any atom is -0.253 e. The first-order chi connectivity index (χ1) is 9.72. The van der Waals surface area contributed by atoms with E-state index in [9.17, 15) is 0 Å². The van der Waals surface area contributed by atoms with Gasteiger partial charge in [0.05, 0.1) is 17.6 Å². The van der Waals surface area contributed by atoms with Gasteiger partial charge in [-0.05, 0) is 31.0 Å². The number of hydrogen-bond acceptors (Lipinski definition) is 4. The summed E-state index contributed by atoms with van der Waals surface area (Å²) in [6.07, 6.45) is 6.00. The molecule has 102 valence electrons. The van der Waals surface area contributed by atoms with Crippen LogP contribution in [0.1, 0.15) is 16.8 Å². The Morgan fingerprint density at radius 3 is 2.90 bits per heavy atom. The first kappa shape index (κ1) is 12.5. The molecule has 0 aliphatic heterocycles. The Bertz CT molecular complexity index is 698. The Hall–Kier alpha value is -2.50. The van der Waals surface area contributed by atoms with Crippen LogP contribution in [0, 0.1) is 13.8 Å². The van der Waals surface area contributed by atoms with Crippen LogP contribution in [0.4, 0.5) is 0 Å². The smallest absolute Gasteiger partial charge is 0.137 e. The summed E-state index contributed by atoms with van der Waals surface area (Å²) in [5.74, 6) is 0. The van der Waals surface area contributed by atoms with Gasteiger partial charge in [0.15, 0.2) is 0 Å². The molecule has 6 nitrogen and oxygen atoms in total. The molecule has 2 heterocycles. The lowest BCUT2D eigenvalue weighted by Crippen LogP contribution is -2.01. The zero-order valence-corrected chi connectivity index (χ0v) is 11.6. The maximum absolute atomic E-state index is 4.21. The molecule has 3 rings (SSSR count). The van der Waals surface area contributed by atoms with E-state index in [1.807, 2.05) is 10.9 Å². The fraction of sp³-hybridized carbons (Fsp3) is 0.286. The summed E-state index contributed by atoms with van der Waals surface area (Å²) in [6, 6.07) is 6.31. The minimum atomic E-state index is 0.755. The SMILES string of the molecule is Cc1ccc(C)c(-n2cc(CCn3cncn3)nn2)c1. The van der Waals surface area contributed by atoms with Crippen LogP contribution in [0.15, 0.2) is 37.1 Å². The highest BCUT2D eigenvalue weighted by Crippen LogP contribution is 2.15. The van der Waals surface area contributed by atoms with Crippen molar-refractivity contribution in [3.8, 4) is 5.69 Å².